The number of primary amides is 1. The zero-order valence-electron chi connectivity index (χ0n) is 17.7. The van der Waals surface area contributed by atoms with Crippen LogP contribution < -0.4 is 15.4 Å². The summed E-state index contributed by atoms with van der Waals surface area (Å²) in [5.41, 5.74) is 6.80. The molecule has 1 saturated heterocycles. The summed E-state index contributed by atoms with van der Waals surface area (Å²) < 4.78 is 5.75. The molecule has 2 N–H and O–H groups in total. The number of para-hydroxylation sites is 2. The van der Waals surface area contributed by atoms with E-state index in [1.807, 2.05) is 4.90 Å². The Balaban J connectivity index is 1.36. The van der Waals surface area contributed by atoms with Crippen LogP contribution in [0, 0.1) is 10.1 Å². The number of rotatable bonds is 6. The van der Waals surface area contributed by atoms with Crippen LogP contribution in [0.15, 0.2) is 72.8 Å². The Labute approximate surface area is 190 Å². The summed E-state index contributed by atoms with van der Waals surface area (Å²) in [6.07, 6.45) is 0. The molecule has 0 saturated carbocycles. The third kappa shape index (κ3) is 4.93. The van der Waals surface area contributed by atoms with Gasteiger partial charge in [-0.3, -0.25) is 19.7 Å². The van der Waals surface area contributed by atoms with Crippen LogP contribution in [0.5, 0.6) is 11.5 Å². The van der Waals surface area contributed by atoms with Gasteiger partial charge in [0, 0.05) is 43.4 Å². The number of piperazine rings is 1. The Morgan fingerprint density at radius 3 is 1.91 bits per heavy atom. The number of carbonyl (C=O) groups excluding carboxylic acids is 2. The number of nitro groups is 1. The van der Waals surface area contributed by atoms with Crippen molar-refractivity contribution in [3.05, 3.63) is 94.0 Å². The molecule has 0 atom stereocenters. The topological polar surface area (TPSA) is 119 Å². The lowest BCUT2D eigenvalue weighted by atomic mass is 10.1. The number of nitro benzene ring substituents is 1. The molecule has 0 spiro atoms. The van der Waals surface area contributed by atoms with Crippen molar-refractivity contribution in [1.29, 1.82) is 0 Å². The van der Waals surface area contributed by atoms with Crippen LogP contribution in [0.2, 0.25) is 0 Å². The molecular weight excluding hydrogens is 424 g/mol. The smallest absolute Gasteiger partial charge is 0.292 e. The van der Waals surface area contributed by atoms with Gasteiger partial charge >= 0.3 is 0 Å². The molecule has 0 aromatic heterocycles. The average Bonchev–Trinajstić information content (AvgIpc) is 2.84. The van der Waals surface area contributed by atoms with E-state index in [0.717, 1.165) is 0 Å². The molecule has 168 valence electrons. The predicted molar refractivity (Wildman–Crippen MR) is 123 cm³/mol. The van der Waals surface area contributed by atoms with E-state index in [2.05, 4.69) is 0 Å². The standard InChI is InChI=1S/C24H22N4O5/c25-23(29)17-5-9-19(10-6-17)33-20-11-7-18(8-12-20)24(30)27-15-13-26(14-16-27)21-3-1-2-4-22(21)28(31)32/h1-12H,13-16H2,(H2,25,29). The second-order valence-corrected chi connectivity index (χ2v) is 7.54. The van der Waals surface area contributed by atoms with Gasteiger partial charge in [0.05, 0.1) is 4.92 Å². The van der Waals surface area contributed by atoms with E-state index < -0.39 is 5.91 Å². The summed E-state index contributed by atoms with van der Waals surface area (Å²) in [5.74, 6) is 0.492. The molecule has 0 unspecified atom stereocenters. The van der Waals surface area contributed by atoms with Gasteiger partial charge in [-0.25, -0.2) is 0 Å². The van der Waals surface area contributed by atoms with Gasteiger partial charge in [0.25, 0.3) is 11.6 Å². The van der Waals surface area contributed by atoms with E-state index in [1.165, 1.54) is 6.07 Å². The van der Waals surface area contributed by atoms with Gasteiger partial charge in [-0.1, -0.05) is 12.1 Å². The maximum Gasteiger partial charge on any atom is 0.292 e. The number of benzene rings is 3. The summed E-state index contributed by atoms with van der Waals surface area (Å²) in [6, 6.07) is 19.9. The molecular formula is C24H22N4O5. The van der Waals surface area contributed by atoms with Crippen LogP contribution in [0.25, 0.3) is 0 Å². The second-order valence-electron chi connectivity index (χ2n) is 7.54. The molecule has 3 aromatic rings. The lowest BCUT2D eigenvalue weighted by Gasteiger charge is -2.35. The van der Waals surface area contributed by atoms with Crippen LogP contribution >= 0.6 is 0 Å². The average molecular weight is 446 g/mol. The van der Waals surface area contributed by atoms with Gasteiger partial charge in [0.1, 0.15) is 17.2 Å². The Morgan fingerprint density at radius 1 is 0.818 bits per heavy atom. The molecule has 2 amide bonds. The van der Waals surface area contributed by atoms with Crippen molar-refractivity contribution in [1.82, 2.24) is 4.90 Å². The molecule has 1 fully saturated rings. The number of carbonyl (C=O) groups is 2. The van der Waals surface area contributed by atoms with Crippen LogP contribution in [0.1, 0.15) is 20.7 Å². The minimum atomic E-state index is -0.507. The number of hydrogen-bond acceptors (Lipinski definition) is 6. The first-order valence-corrected chi connectivity index (χ1v) is 10.4. The highest BCUT2D eigenvalue weighted by Crippen LogP contribution is 2.29. The van der Waals surface area contributed by atoms with Gasteiger partial charge < -0.3 is 20.3 Å². The van der Waals surface area contributed by atoms with Gasteiger partial charge in [0.15, 0.2) is 0 Å². The number of anilines is 1. The molecule has 1 aliphatic rings. The van der Waals surface area contributed by atoms with Gasteiger partial charge in [-0.15, -0.1) is 0 Å². The molecule has 0 aliphatic carbocycles. The van der Waals surface area contributed by atoms with Crippen molar-refractivity contribution < 1.29 is 19.2 Å². The summed E-state index contributed by atoms with van der Waals surface area (Å²) in [6.45, 7) is 1.96. The number of hydrogen-bond donors (Lipinski definition) is 1. The summed E-state index contributed by atoms with van der Waals surface area (Å²) in [7, 11) is 0. The van der Waals surface area contributed by atoms with E-state index in [4.69, 9.17) is 10.5 Å². The molecule has 1 heterocycles. The zero-order valence-corrected chi connectivity index (χ0v) is 17.7. The van der Waals surface area contributed by atoms with E-state index in [9.17, 15) is 19.7 Å². The van der Waals surface area contributed by atoms with Crippen LogP contribution in [0.3, 0.4) is 0 Å². The van der Waals surface area contributed by atoms with Gasteiger partial charge in [0.2, 0.25) is 5.91 Å². The fraction of sp³-hybridized carbons (Fsp3) is 0.167. The third-order valence-electron chi connectivity index (χ3n) is 5.46. The first kappa shape index (κ1) is 21.8. The monoisotopic (exact) mass is 446 g/mol. The minimum Gasteiger partial charge on any atom is -0.457 e. The highest BCUT2D eigenvalue weighted by molar-refractivity contribution is 5.94. The first-order chi connectivity index (χ1) is 15.9. The summed E-state index contributed by atoms with van der Waals surface area (Å²) in [4.78, 5) is 38.6. The summed E-state index contributed by atoms with van der Waals surface area (Å²) in [5, 5.41) is 11.3. The molecule has 1 aliphatic heterocycles. The molecule has 33 heavy (non-hydrogen) atoms. The molecule has 4 rings (SSSR count). The van der Waals surface area contributed by atoms with Crippen molar-refractivity contribution in [2.45, 2.75) is 0 Å². The molecule has 9 heteroatoms. The van der Waals surface area contributed by atoms with E-state index >= 15 is 0 Å². The predicted octanol–water partition coefficient (Wildman–Crippen LogP) is 3.45. The van der Waals surface area contributed by atoms with Crippen LogP contribution in [0.4, 0.5) is 11.4 Å². The van der Waals surface area contributed by atoms with Crippen molar-refractivity contribution in [2.75, 3.05) is 31.1 Å². The lowest BCUT2D eigenvalue weighted by molar-refractivity contribution is -0.384. The molecule has 0 radical (unpaired) electrons. The van der Waals surface area contributed by atoms with E-state index in [-0.39, 0.29) is 16.5 Å². The normalized spacial score (nSPS) is 13.5. The maximum absolute atomic E-state index is 12.9. The fourth-order valence-electron chi connectivity index (χ4n) is 3.71. The maximum atomic E-state index is 12.9. The molecule has 0 bridgehead atoms. The zero-order chi connectivity index (χ0) is 23.4. The molecule has 3 aromatic carbocycles. The van der Waals surface area contributed by atoms with Crippen molar-refractivity contribution in [2.24, 2.45) is 5.73 Å². The van der Waals surface area contributed by atoms with Gasteiger partial charge in [-0.2, -0.15) is 0 Å². The largest absolute Gasteiger partial charge is 0.457 e. The van der Waals surface area contributed by atoms with Crippen LogP contribution in [-0.2, 0) is 0 Å². The Hall–Kier alpha value is -4.40. The van der Waals surface area contributed by atoms with Crippen LogP contribution in [-0.4, -0.2) is 47.8 Å². The number of ether oxygens (including phenoxy) is 1. The first-order valence-electron chi connectivity index (χ1n) is 10.4. The highest BCUT2D eigenvalue weighted by atomic mass is 16.6. The quantitative estimate of drug-likeness (QED) is 0.458. The molecule has 9 nitrogen and oxygen atoms in total. The third-order valence-corrected chi connectivity index (χ3v) is 5.46. The second kappa shape index (κ2) is 9.39. The summed E-state index contributed by atoms with van der Waals surface area (Å²) >= 11 is 0. The number of nitrogens with two attached hydrogens (primary N) is 1. The Morgan fingerprint density at radius 2 is 1.36 bits per heavy atom. The minimum absolute atomic E-state index is 0.0668. The van der Waals surface area contributed by atoms with E-state index in [0.29, 0.717) is 54.5 Å². The SMILES string of the molecule is NC(=O)c1ccc(Oc2ccc(C(=O)N3CCN(c4ccccc4[N+](=O)[O-])CC3)cc2)cc1. The lowest BCUT2D eigenvalue weighted by Crippen LogP contribution is -2.48. The van der Waals surface area contributed by atoms with E-state index in [1.54, 1.807) is 71.6 Å². The number of nitrogens with zero attached hydrogens (tertiary/aromatic N) is 3. The number of amides is 2. The highest BCUT2D eigenvalue weighted by Gasteiger charge is 2.26. The van der Waals surface area contributed by atoms with Gasteiger partial charge in [-0.05, 0) is 54.6 Å². The fourth-order valence-corrected chi connectivity index (χ4v) is 3.71. The Bertz CT molecular complexity index is 1170. The van der Waals surface area contributed by atoms with Crippen molar-refractivity contribution in [3.8, 4) is 11.5 Å². The Kier molecular flexibility index (Phi) is 6.21. The van der Waals surface area contributed by atoms with Crippen molar-refractivity contribution in [3.63, 3.8) is 0 Å². The van der Waals surface area contributed by atoms with Crippen molar-refractivity contribution >= 4 is 23.2 Å².